The second-order valence-corrected chi connectivity index (χ2v) is 10.1. The molecule has 6 N–H and O–H groups in total. The number of Topliss-reactive ketones (excluding diaryl/α,β-unsaturated/α-hetero) is 2. The van der Waals surface area contributed by atoms with E-state index >= 15 is 0 Å². The topological polar surface area (TPSA) is 171 Å². The van der Waals surface area contributed by atoms with Crippen LogP contribution < -0.4 is 10.5 Å². The molecule has 5 rings (SSSR count). The minimum atomic E-state index is -2.68. The first kappa shape index (κ1) is 25.5. The highest BCUT2D eigenvalue weighted by Gasteiger charge is 2.64. The smallest absolute Gasteiger partial charge is 0.255 e. The van der Waals surface area contributed by atoms with E-state index in [2.05, 4.69) is 0 Å². The number of nitrogens with two attached hydrogens (primary N) is 1. The Bertz CT molecular complexity index is 1430. The number of phenols is 1. The number of carbonyl (C=O) groups excluding carboxylic acids is 3. The summed E-state index contributed by atoms with van der Waals surface area (Å²) in [4.78, 5) is 41.4. The SMILES string of the molecule is COc1ccc(CN(C)[C@H]2C(=O)C(C(N)=O)=C(O)[C@@]3(O)C(=O)C4=C(O)c5c(O)cccc5C[C@H]4C[C@@H]23)cc1. The number of primary amides is 1. The van der Waals surface area contributed by atoms with Gasteiger partial charge in [-0.1, -0.05) is 24.3 Å². The lowest BCUT2D eigenvalue weighted by molar-refractivity contribution is -0.154. The molecule has 0 radical (unpaired) electrons. The van der Waals surface area contributed by atoms with Crippen LogP contribution in [0.2, 0.25) is 0 Å². The van der Waals surface area contributed by atoms with Crippen LogP contribution in [0.1, 0.15) is 23.1 Å². The fourth-order valence-corrected chi connectivity index (χ4v) is 6.21. The van der Waals surface area contributed by atoms with Gasteiger partial charge in [0.05, 0.1) is 18.7 Å². The first-order chi connectivity index (χ1) is 18.0. The molecule has 0 heterocycles. The molecule has 0 bridgehead atoms. The third-order valence-corrected chi connectivity index (χ3v) is 7.97. The van der Waals surface area contributed by atoms with E-state index in [0.717, 1.165) is 5.56 Å². The van der Waals surface area contributed by atoms with Gasteiger partial charge >= 0.3 is 0 Å². The number of aliphatic hydroxyl groups excluding tert-OH is 2. The van der Waals surface area contributed by atoms with E-state index in [1.165, 1.54) is 6.07 Å². The van der Waals surface area contributed by atoms with Crippen LogP contribution in [-0.4, -0.2) is 68.6 Å². The lowest BCUT2D eigenvalue weighted by atomic mass is 9.57. The molecular formula is C28H28N2O8. The van der Waals surface area contributed by atoms with Crippen LogP contribution in [0.4, 0.5) is 0 Å². The van der Waals surface area contributed by atoms with E-state index in [9.17, 15) is 34.8 Å². The van der Waals surface area contributed by atoms with Crippen LogP contribution in [0.5, 0.6) is 11.5 Å². The van der Waals surface area contributed by atoms with E-state index in [-0.39, 0.29) is 36.3 Å². The molecule has 10 heteroatoms. The third kappa shape index (κ3) is 3.59. The number of aliphatic hydroxyl groups is 3. The molecule has 3 aliphatic carbocycles. The van der Waals surface area contributed by atoms with Crippen LogP contribution in [0.15, 0.2) is 59.4 Å². The standard InChI is InChI=1S/C28H28N2O8/c1-30(12-13-6-8-16(38-2)9-7-13)22-17-11-15-10-14-4-3-5-18(31)19(14)23(32)20(15)25(34)28(17,37)26(35)21(24(22)33)27(29)36/h3-9,15,17,22,31-32,35,37H,10-12H2,1-2H3,(H2,29,36)/t15-,17-,22+,28-/m0/s1. The molecule has 0 aliphatic heterocycles. The van der Waals surface area contributed by atoms with Crippen molar-refractivity contribution in [3.63, 3.8) is 0 Å². The van der Waals surface area contributed by atoms with Gasteiger partial charge in [0.25, 0.3) is 5.91 Å². The van der Waals surface area contributed by atoms with Gasteiger partial charge in [-0.25, -0.2) is 0 Å². The van der Waals surface area contributed by atoms with Gasteiger partial charge in [0.2, 0.25) is 5.78 Å². The van der Waals surface area contributed by atoms with E-state index < -0.39 is 58.0 Å². The maximum atomic E-state index is 13.9. The number of aromatic hydroxyl groups is 1. The molecule has 1 fully saturated rings. The van der Waals surface area contributed by atoms with Crippen molar-refractivity contribution >= 4 is 23.2 Å². The Labute approximate surface area is 218 Å². The Morgan fingerprint density at radius 2 is 1.82 bits per heavy atom. The summed E-state index contributed by atoms with van der Waals surface area (Å²) < 4.78 is 5.18. The number of hydrogen-bond acceptors (Lipinski definition) is 9. The second kappa shape index (κ2) is 9.00. The fraction of sp³-hybridized carbons (Fsp3) is 0.321. The van der Waals surface area contributed by atoms with Crippen molar-refractivity contribution in [1.29, 1.82) is 0 Å². The summed E-state index contributed by atoms with van der Waals surface area (Å²) in [5.74, 6) is -6.05. The molecule has 2 aromatic carbocycles. The van der Waals surface area contributed by atoms with Gasteiger partial charge in [-0.15, -0.1) is 0 Å². The number of likely N-dealkylation sites (N-methyl/N-ethyl adjacent to an activating group) is 1. The normalized spacial score (nSPS) is 26.7. The van der Waals surface area contributed by atoms with Crippen molar-refractivity contribution < 1.29 is 39.5 Å². The molecule has 198 valence electrons. The Hall–Kier alpha value is -4.15. The number of carbonyl (C=O) groups is 3. The van der Waals surface area contributed by atoms with Gasteiger partial charge in [-0.05, 0) is 55.1 Å². The number of benzene rings is 2. The Balaban J connectivity index is 1.62. The van der Waals surface area contributed by atoms with Crippen LogP contribution >= 0.6 is 0 Å². The lowest BCUT2D eigenvalue weighted by Gasteiger charge is -2.50. The van der Waals surface area contributed by atoms with E-state index in [0.29, 0.717) is 11.3 Å². The van der Waals surface area contributed by atoms with E-state index in [4.69, 9.17) is 10.5 Å². The first-order valence-corrected chi connectivity index (χ1v) is 12.1. The maximum Gasteiger partial charge on any atom is 0.255 e. The number of phenolic OH excluding ortho intramolecular Hbond substituents is 1. The van der Waals surface area contributed by atoms with Crippen molar-refractivity contribution in [2.75, 3.05) is 14.2 Å². The Kier molecular flexibility index (Phi) is 6.04. The molecular weight excluding hydrogens is 492 g/mol. The zero-order valence-electron chi connectivity index (χ0n) is 20.8. The number of ketones is 2. The Morgan fingerprint density at radius 1 is 1.13 bits per heavy atom. The van der Waals surface area contributed by atoms with Gasteiger partial charge in [0.15, 0.2) is 11.4 Å². The summed E-state index contributed by atoms with van der Waals surface area (Å²) in [6.07, 6.45) is 0.299. The van der Waals surface area contributed by atoms with E-state index in [1.807, 2.05) is 0 Å². The molecule has 38 heavy (non-hydrogen) atoms. The number of fused-ring (bicyclic) bond motifs is 3. The van der Waals surface area contributed by atoms with E-state index in [1.54, 1.807) is 55.5 Å². The number of ether oxygens (including phenoxy) is 1. The highest BCUT2D eigenvalue weighted by Crippen LogP contribution is 2.52. The molecule has 10 nitrogen and oxygen atoms in total. The minimum Gasteiger partial charge on any atom is -0.508 e. The van der Waals surface area contributed by atoms with Crippen LogP contribution in [0, 0.1) is 11.8 Å². The minimum absolute atomic E-state index is 0.0379. The van der Waals surface area contributed by atoms with Gasteiger partial charge in [-0.2, -0.15) is 0 Å². The molecule has 2 aromatic rings. The number of hydrogen-bond donors (Lipinski definition) is 5. The number of rotatable bonds is 5. The molecule has 1 amide bonds. The van der Waals surface area contributed by atoms with Crippen molar-refractivity contribution in [2.24, 2.45) is 17.6 Å². The van der Waals surface area contributed by atoms with Gasteiger partial charge < -0.3 is 30.9 Å². The summed E-state index contributed by atoms with van der Waals surface area (Å²) in [6.45, 7) is 0.212. The largest absolute Gasteiger partial charge is 0.508 e. The van der Waals surface area contributed by atoms with Gasteiger partial charge in [-0.3, -0.25) is 19.3 Å². The summed E-state index contributed by atoms with van der Waals surface area (Å²) in [7, 11) is 3.16. The third-order valence-electron chi connectivity index (χ3n) is 7.97. The maximum absolute atomic E-state index is 13.9. The molecule has 4 atom stereocenters. The number of nitrogens with zero attached hydrogens (tertiary/aromatic N) is 1. The quantitative estimate of drug-likeness (QED) is 0.367. The van der Waals surface area contributed by atoms with Crippen molar-refractivity contribution in [3.8, 4) is 11.5 Å². The summed E-state index contributed by atoms with van der Waals surface area (Å²) >= 11 is 0. The highest BCUT2D eigenvalue weighted by molar-refractivity contribution is 6.24. The Morgan fingerprint density at radius 3 is 2.45 bits per heavy atom. The fourth-order valence-electron chi connectivity index (χ4n) is 6.21. The summed E-state index contributed by atoms with van der Waals surface area (Å²) in [5.41, 5.74) is 3.22. The van der Waals surface area contributed by atoms with Crippen LogP contribution in [0.3, 0.4) is 0 Å². The van der Waals surface area contributed by atoms with Crippen molar-refractivity contribution in [2.45, 2.75) is 31.0 Å². The zero-order chi connectivity index (χ0) is 27.5. The number of methoxy groups -OCH3 is 1. The van der Waals surface area contributed by atoms with Crippen molar-refractivity contribution in [1.82, 2.24) is 4.90 Å². The van der Waals surface area contributed by atoms with Gasteiger partial charge in [0.1, 0.15) is 28.6 Å². The molecule has 1 saturated carbocycles. The predicted molar refractivity (Wildman–Crippen MR) is 135 cm³/mol. The molecule has 0 saturated heterocycles. The first-order valence-electron chi connectivity index (χ1n) is 12.1. The number of amides is 1. The molecule has 0 aromatic heterocycles. The summed E-state index contributed by atoms with van der Waals surface area (Å²) in [6, 6.07) is 10.6. The van der Waals surface area contributed by atoms with Gasteiger partial charge in [0, 0.05) is 18.0 Å². The highest BCUT2D eigenvalue weighted by atomic mass is 16.5. The van der Waals surface area contributed by atoms with Crippen LogP contribution in [0.25, 0.3) is 5.76 Å². The lowest BCUT2D eigenvalue weighted by Crippen LogP contribution is -2.66. The molecule has 0 unspecified atom stereocenters. The average molecular weight is 521 g/mol. The zero-order valence-corrected chi connectivity index (χ0v) is 20.8. The van der Waals surface area contributed by atoms with Crippen LogP contribution in [-0.2, 0) is 27.3 Å². The second-order valence-electron chi connectivity index (χ2n) is 10.1. The summed E-state index contributed by atoms with van der Waals surface area (Å²) in [5, 5.41) is 44.2. The predicted octanol–water partition coefficient (Wildman–Crippen LogP) is 1.54. The van der Waals surface area contributed by atoms with Crippen molar-refractivity contribution in [3.05, 3.63) is 76.1 Å². The monoisotopic (exact) mass is 520 g/mol. The molecule has 3 aliphatic rings. The average Bonchev–Trinajstić information content (AvgIpc) is 2.86. The molecule has 0 spiro atoms.